The van der Waals surface area contributed by atoms with Crippen molar-refractivity contribution in [2.45, 2.75) is 206 Å². The zero-order valence-electron chi connectivity index (χ0n) is 36.4. The van der Waals surface area contributed by atoms with E-state index in [1.165, 1.54) is 109 Å². The van der Waals surface area contributed by atoms with Gasteiger partial charge in [-0.15, -0.1) is 0 Å². The molecule has 0 aromatic heterocycles. The molecule has 9 nitrogen and oxygen atoms in total. The molecule has 0 aliphatic carbocycles. The van der Waals surface area contributed by atoms with Crippen molar-refractivity contribution in [1.82, 2.24) is 0 Å². The summed E-state index contributed by atoms with van der Waals surface area (Å²) in [6.07, 6.45) is 40.5. The van der Waals surface area contributed by atoms with Crippen LogP contribution in [0.1, 0.15) is 200 Å². The van der Waals surface area contributed by atoms with Crippen molar-refractivity contribution >= 4 is 19.8 Å². The molecule has 0 saturated carbocycles. The summed E-state index contributed by atoms with van der Waals surface area (Å²) in [5.74, 6) is -0.843. The number of rotatable bonds is 41. The summed E-state index contributed by atoms with van der Waals surface area (Å²) in [5, 5.41) is 0. The number of likely N-dealkylation sites (N-methyl/N-ethyl adjacent to an activating group) is 1. The van der Waals surface area contributed by atoms with Crippen LogP contribution >= 0.6 is 7.82 Å². The molecule has 0 aliphatic heterocycles. The van der Waals surface area contributed by atoms with E-state index >= 15 is 0 Å². The molecule has 55 heavy (non-hydrogen) atoms. The van der Waals surface area contributed by atoms with Gasteiger partial charge in [0.2, 0.25) is 0 Å². The summed E-state index contributed by atoms with van der Waals surface area (Å²) < 4.78 is 33.9. The lowest BCUT2D eigenvalue weighted by Crippen LogP contribution is -2.37. The van der Waals surface area contributed by atoms with E-state index in [-0.39, 0.29) is 32.0 Å². The van der Waals surface area contributed by atoms with Crippen molar-refractivity contribution in [3.63, 3.8) is 0 Å². The molecule has 10 heteroatoms. The molecular weight excluding hydrogens is 713 g/mol. The molecule has 0 N–H and O–H groups in total. The topological polar surface area (TPSA) is 111 Å². The number of phosphoric acid groups is 1. The molecule has 0 radical (unpaired) electrons. The fraction of sp³-hybridized carbons (Fsp3) is 0.867. The second-order valence-corrected chi connectivity index (χ2v) is 17.8. The Morgan fingerprint density at radius 2 is 0.982 bits per heavy atom. The maximum Gasteiger partial charge on any atom is 0.306 e. The number of carbonyl (C=O) groups is 2. The largest absolute Gasteiger partial charge is 0.756 e. The van der Waals surface area contributed by atoms with Gasteiger partial charge in [0.05, 0.1) is 27.7 Å². The number of ether oxygens (including phenoxy) is 2. The predicted molar refractivity (Wildman–Crippen MR) is 227 cm³/mol. The molecule has 0 spiro atoms. The number of esters is 2. The van der Waals surface area contributed by atoms with Gasteiger partial charge in [0.25, 0.3) is 7.82 Å². The Hall–Kier alpha value is -1.51. The average Bonchev–Trinajstić information content (AvgIpc) is 3.13. The summed E-state index contributed by atoms with van der Waals surface area (Å²) in [6, 6.07) is 0. The quantitative estimate of drug-likeness (QED) is 0.0198. The van der Waals surface area contributed by atoms with Gasteiger partial charge < -0.3 is 27.9 Å². The molecule has 0 aliphatic rings. The molecule has 0 amide bonds. The monoisotopic (exact) mass is 800 g/mol. The van der Waals surface area contributed by atoms with Crippen LogP contribution in [0.2, 0.25) is 0 Å². The van der Waals surface area contributed by atoms with Crippen LogP contribution in [-0.4, -0.2) is 70.0 Å². The molecule has 0 rings (SSSR count). The van der Waals surface area contributed by atoms with Crippen LogP contribution in [0.4, 0.5) is 0 Å². The highest BCUT2D eigenvalue weighted by Gasteiger charge is 2.21. The number of allylic oxidation sites excluding steroid dienone is 4. The van der Waals surface area contributed by atoms with Crippen LogP contribution in [-0.2, 0) is 32.7 Å². The highest BCUT2D eigenvalue weighted by atomic mass is 31.2. The minimum absolute atomic E-state index is 0.0319. The first-order valence-electron chi connectivity index (χ1n) is 22.5. The summed E-state index contributed by atoms with van der Waals surface area (Å²) >= 11 is 0. The highest BCUT2D eigenvalue weighted by Crippen LogP contribution is 2.38. The number of phosphoric ester groups is 1. The lowest BCUT2D eigenvalue weighted by molar-refractivity contribution is -0.870. The molecule has 0 aromatic rings. The van der Waals surface area contributed by atoms with E-state index in [0.717, 1.165) is 57.8 Å². The highest BCUT2D eigenvalue weighted by molar-refractivity contribution is 7.45. The second-order valence-electron chi connectivity index (χ2n) is 16.4. The first kappa shape index (κ1) is 53.5. The number of hydrogen-bond acceptors (Lipinski definition) is 8. The number of unbranched alkanes of at least 4 members (excludes halogenated alkanes) is 23. The van der Waals surface area contributed by atoms with Gasteiger partial charge in [-0.05, 0) is 44.9 Å². The number of quaternary nitrogens is 1. The average molecular weight is 800 g/mol. The van der Waals surface area contributed by atoms with E-state index in [1.54, 1.807) is 0 Å². The van der Waals surface area contributed by atoms with Gasteiger partial charge in [0.1, 0.15) is 19.8 Å². The third-order valence-corrected chi connectivity index (χ3v) is 10.7. The second kappa shape index (κ2) is 38.0. The maximum atomic E-state index is 12.7. The zero-order chi connectivity index (χ0) is 40.7. The maximum absolute atomic E-state index is 12.7. The van der Waals surface area contributed by atoms with Crippen molar-refractivity contribution in [1.29, 1.82) is 0 Å². The van der Waals surface area contributed by atoms with Gasteiger partial charge >= 0.3 is 11.9 Å². The summed E-state index contributed by atoms with van der Waals surface area (Å²) in [5.41, 5.74) is 0. The normalized spacial score (nSPS) is 13.8. The van der Waals surface area contributed by atoms with Crippen LogP contribution in [0.15, 0.2) is 24.3 Å². The molecule has 0 saturated heterocycles. The van der Waals surface area contributed by atoms with Crippen molar-refractivity contribution in [2.24, 2.45) is 0 Å². The van der Waals surface area contributed by atoms with Gasteiger partial charge in [0.15, 0.2) is 6.10 Å². The van der Waals surface area contributed by atoms with Gasteiger partial charge in [-0.25, -0.2) is 0 Å². The van der Waals surface area contributed by atoms with E-state index in [4.69, 9.17) is 18.5 Å². The molecular formula is C45H86NO8P. The van der Waals surface area contributed by atoms with Crippen molar-refractivity contribution in [2.75, 3.05) is 47.5 Å². The van der Waals surface area contributed by atoms with Gasteiger partial charge in [-0.1, -0.05) is 167 Å². The summed E-state index contributed by atoms with van der Waals surface area (Å²) in [7, 11) is 1.16. The van der Waals surface area contributed by atoms with Crippen LogP contribution < -0.4 is 4.89 Å². The van der Waals surface area contributed by atoms with E-state index < -0.39 is 26.5 Å². The number of carbonyl (C=O) groups excluding carboxylic acids is 2. The smallest absolute Gasteiger partial charge is 0.306 e. The number of hydrogen-bond donors (Lipinski definition) is 0. The Morgan fingerprint density at radius 3 is 1.47 bits per heavy atom. The summed E-state index contributed by atoms with van der Waals surface area (Å²) in [4.78, 5) is 37.5. The van der Waals surface area contributed by atoms with E-state index in [9.17, 15) is 19.0 Å². The van der Waals surface area contributed by atoms with E-state index in [1.807, 2.05) is 21.1 Å². The Morgan fingerprint density at radius 1 is 0.564 bits per heavy atom. The number of nitrogens with zero attached hydrogens (tertiary/aromatic N) is 1. The fourth-order valence-corrected chi connectivity index (χ4v) is 6.88. The predicted octanol–water partition coefficient (Wildman–Crippen LogP) is 12.1. The molecule has 0 heterocycles. The minimum atomic E-state index is -4.62. The van der Waals surface area contributed by atoms with E-state index in [2.05, 4.69) is 38.2 Å². The first-order chi connectivity index (χ1) is 26.5. The van der Waals surface area contributed by atoms with Crippen LogP contribution in [0.3, 0.4) is 0 Å². The third-order valence-electron chi connectivity index (χ3n) is 9.72. The van der Waals surface area contributed by atoms with Gasteiger partial charge in [-0.3, -0.25) is 14.2 Å². The summed E-state index contributed by atoms with van der Waals surface area (Å²) in [6.45, 7) is 4.20. The Bertz CT molecular complexity index is 996. The molecule has 2 unspecified atom stereocenters. The fourth-order valence-electron chi connectivity index (χ4n) is 6.16. The molecule has 2 atom stereocenters. The molecule has 0 aromatic carbocycles. The van der Waals surface area contributed by atoms with Crippen molar-refractivity contribution in [3.8, 4) is 0 Å². The van der Waals surface area contributed by atoms with Crippen molar-refractivity contribution in [3.05, 3.63) is 24.3 Å². The van der Waals surface area contributed by atoms with Crippen LogP contribution in [0.5, 0.6) is 0 Å². The SMILES string of the molecule is CCCCC/C=C\C/C=C\CCCCCCCC(=O)OC(COC(=O)CCCCCCCCCCCCCCCCCC)COP(=O)([O-])OCC[N+](C)(C)C. The third kappa shape index (κ3) is 41.9. The van der Waals surface area contributed by atoms with Gasteiger partial charge in [-0.2, -0.15) is 0 Å². The molecule has 324 valence electrons. The van der Waals surface area contributed by atoms with Gasteiger partial charge in [0, 0.05) is 12.8 Å². The lowest BCUT2D eigenvalue weighted by atomic mass is 10.0. The van der Waals surface area contributed by atoms with Crippen LogP contribution in [0, 0.1) is 0 Å². The van der Waals surface area contributed by atoms with E-state index in [0.29, 0.717) is 17.4 Å². The minimum Gasteiger partial charge on any atom is -0.756 e. The Labute approximate surface area is 339 Å². The molecule has 0 fully saturated rings. The standard InChI is InChI=1S/C45H86NO8P/c1-6-8-10-12-14-16-18-20-22-24-25-27-29-31-33-35-37-44(47)51-41-43(42-53-55(49,50)52-40-39-46(3,4)5)54-45(48)38-36-34-32-30-28-26-23-21-19-17-15-13-11-9-7-2/h15,17,21,23,43H,6-14,16,18-20,22,24-42H2,1-5H3/b17-15-,23-21-. The zero-order valence-corrected chi connectivity index (χ0v) is 37.3. The Kier molecular flexibility index (Phi) is 37.0. The first-order valence-corrected chi connectivity index (χ1v) is 24.0. The Balaban J connectivity index is 4.34. The molecule has 0 bridgehead atoms. The lowest BCUT2D eigenvalue weighted by Gasteiger charge is -2.28. The van der Waals surface area contributed by atoms with Crippen LogP contribution in [0.25, 0.3) is 0 Å². The van der Waals surface area contributed by atoms with Crippen molar-refractivity contribution < 1.29 is 42.1 Å².